The molecule has 0 spiro atoms. The van der Waals surface area contributed by atoms with Crippen molar-refractivity contribution in [3.05, 3.63) is 97.2 Å². The molecule has 19 heteroatoms. The Balaban J connectivity index is 5.40. The summed E-state index contributed by atoms with van der Waals surface area (Å²) in [6, 6.07) is 0. The zero-order valence-corrected chi connectivity index (χ0v) is 64.9. The summed E-state index contributed by atoms with van der Waals surface area (Å²) in [4.78, 5) is 72.9. The van der Waals surface area contributed by atoms with Gasteiger partial charge in [-0.15, -0.1) is 0 Å². The van der Waals surface area contributed by atoms with Crippen LogP contribution in [0, 0.1) is 0 Å². The molecule has 0 aliphatic rings. The van der Waals surface area contributed by atoms with Gasteiger partial charge < -0.3 is 33.8 Å². The number of esters is 4. The average molecular weight is 1450 g/mol. The van der Waals surface area contributed by atoms with Crippen molar-refractivity contribution >= 4 is 39.5 Å². The minimum absolute atomic E-state index is 0.0731. The number of rotatable bonds is 74. The summed E-state index contributed by atoms with van der Waals surface area (Å²) >= 11 is 0. The Morgan fingerprint density at radius 2 is 0.500 bits per heavy atom. The van der Waals surface area contributed by atoms with Gasteiger partial charge in [0, 0.05) is 25.7 Å². The molecule has 578 valence electrons. The number of ether oxygens (including phenoxy) is 4. The summed E-state index contributed by atoms with van der Waals surface area (Å²) < 4.78 is 68.5. The van der Waals surface area contributed by atoms with E-state index in [1.54, 1.807) is 0 Å². The smallest absolute Gasteiger partial charge is 0.462 e. The fraction of sp³-hybridized carbons (Fsp3) is 0.753. The lowest BCUT2D eigenvalue weighted by Gasteiger charge is -2.21. The van der Waals surface area contributed by atoms with Crippen LogP contribution in [0.25, 0.3) is 0 Å². The number of carbonyl (C=O) groups excluding carboxylic acids is 4. The van der Waals surface area contributed by atoms with Gasteiger partial charge in [0.25, 0.3) is 0 Å². The van der Waals surface area contributed by atoms with Crippen molar-refractivity contribution in [2.24, 2.45) is 0 Å². The van der Waals surface area contributed by atoms with Gasteiger partial charge >= 0.3 is 39.5 Å². The minimum atomic E-state index is -4.99. The maximum atomic E-state index is 13.1. The third kappa shape index (κ3) is 72.3. The van der Waals surface area contributed by atoms with Crippen molar-refractivity contribution in [2.45, 2.75) is 354 Å². The Bertz CT molecular complexity index is 2270. The van der Waals surface area contributed by atoms with E-state index in [9.17, 15) is 43.2 Å². The molecule has 0 aliphatic carbocycles. The van der Waals surface area contributed by atoms with Crippen LogP contribution in [-0.4, -0.2) is 96.7 Å². The third-order valence-electron chi connectivity index (χ3n) is 16.5. The molecule has 2 unspecified atom stereocenters. The highest BCUT2D eigenvalue weighted by Crippen LogP contribution is 2.45. The second kappa shape index (κ2) is 73.3. The van der Waals surface area contributed by atoms with Gasteiger partial charge in [0.2, 0.25) is 0 Å². The van der Waals surface area contributed by atoms with Gasteiger partial charge in [-0.25, -0.2) is 9.13 Å². The number of carbonyl (C=O) groups is 4. The number of phosphoric acid groups is 2. The molecule has 0 fully saturated rings. The molecule has 0 saturated carbocycles. The van der Waals surface area contributed by atoms with Crippen molar-refractivity contribution in [1.82, 2.24) is 0 Å². The number of aliphatic hydroxyl groups is 1. The first kappa shape index (κ1) is 96.0. The van der Waals surface area contributed by atoms with Gasteiger partial charge in [-0.05, 0) is 148 Å². The van der Waals surface area contributed by atoms with E-state index in [1.165, 1.54) is 103 Å². The van der Waals surface area contributed by atoms with E-state index in [0.29, 0.717) is 32.1 Å². The molecule has 5 atom stereocenters. The lowest BCUT2D eigenvalue weighted by Crippen LogP contribution is -2.30. The third-order valence-corrected chi connectivity index (χ3v) is 18.4. The fourth-order valence-corrected chi connectivity index (χ4v) is 12.0. The van der Waals surface area contributed by atoms with Crippen LogP contribution in [-0.2, 0) is 65.4 Å². The van der Waals surface area contributed by atoms with E-state index in [4.69, 9.17) is 37.0 Å². The zero-order chi connectivity index (χ0) is 73.2. The summed E-state index contributed by atoms with van der Waals surface area (Å²) in [7, 11) is -9.97. The molecule has 0 rings (SSSR count). The van der Waals surface area contributed by atoms with Crippen LogP contribution in [0.4, 0.5) is 0 Å². The average Bonchev–Trinajstić information content (AvgIpc) is 0.965. The van der Waals surface area contributed by atoms with Gasteiger partial charge in [-0.1, -0.05) is 260 Å². The van der Waals surface area contributed by atoms with Crippen LogP contribution in [0.1, 0.15) is 336 Å². The van der Waals surface area contributed by atoms with Crippen LogP contribution >= 0.6 is 15.6 Å². The number of allylic oxidation sites excluding steroid dienone is 16. The number of unbranched alkanes of at least 4 members (excludes halogenated alkanes) is 32. The Kier molecular flexibility index (Phi) is 70.4. The lowest BCUT2D eigenvalue weighted by atomic mass is 10.1. The number of hydrogen-bond donors (Lipinski definition) is 3. The molecular formula is C81H142O17P2. The summed E-state index contributed by atoms with van der Waals surface area (Å²) in [6.45, 7) is 4.73. The standard InChI is InChI=1S/C81H142O17P2/c1-5-9-13-17-21-25-29-33-36-37-40-43-46-50-54-58-62-66-79(84)92-71-76(97-80(85)67-63-59-55-51-47-41-32-28-24-20-16-12-8-4)73-95-99(87,88)93-69-75(82)70-94-100(89,90)96-74-77(98-81(86)68-64-60-56-52-48-44-39-35-31-27-23-19-15-11-7-3)72-91-78(83)65-61-57-53-49-45-42-38-34-30-26-22-18-14-10-6-2/h21-22,25-26,28,32-36,38-40,43,50,54,75-77,82H,5-20,23-24,27,29-31,37,41-42,44-49,51-53,55-74H2,1-4H3,(H,87,88)(H,89,90)/b25-21-,26-22-,32-28-,36-33-,38-34-,39-35-,43-40-,54-50-/t75-,76+,77+/m0/s1. The van der Waals surface area contributed by atoms with Crippen LogP contribution < -0.4 is 0 Å². The predicted octanol–water partition coefficient (Wildman–Crippen LogP) is 22.8. The summed E-state index contributed by atoms with van der Waals surface area (Å²) in [5.74, 6) is -2.26. The Hall–Kier alpha value is -4.02. The quantitative estimate of drug-likeness (QED) is 0.0169. The van der Waals surface area contributed by atoms with E-state index in [2.05, 4.69) is 113 Å². The molecule has 0 radical (unpaired) electrons. The van der Waals surface area contributed by atoms with E-state index in [-0.39, 0.29) is 25.7 Å². The van der Waals surface area contributed by atoms with Crippen LogP contribution in [0.5, 0.6) is 0 Å². The van der Waals surface area contributed by atoms with Gasteiger partial charge in [-0.2, -0.15) is 0 Å². The van der Waals surface area contributed by atoms with E-state index >= 15 is 0 Å². The number of hydrogen-bond acceptors (Lipinski definition) is 15. The molecule has 0 aromatic carbocycles. The second-order valence-corrected chi connectivity index (χ2v) is 29.2. The fourth-order valence-electron chi connectivity index (χ4n) is 10.4. The van der Waals surface area contributed by atoms with E-state index < -0.39 is 97.5 Å². The van der Waals surface area contributed by atoms with Gasteiger partial charge in [0.1, 0.15) is 19.3 Å². The first-order valence-corrected chi connectivity index (χ1v) is 42.5. The van der Waals surface area contributed by atoms with Gasteiger partial charge in [-0.3, -0.25) is 37.3 Å². The number of aliphatic hydroxyl groups excluding tert-OH is 1. The Morgan fingerprint density at radius 1 is 0.280 bits per heavy atom. The molecule has 0 saturated heterocycles. The monoisotopic (exact) mass is 1450 g/mol. The molecule has 0 aromatic heterocycles. The summed E-state index contributed by atoms with van der Waals surface area (Å²) in [5, 5.41) is 10.6. The van der Waals surface area contributed by atoms with Crippen molar-refractivity contribution in [3.8, 4) is 0 Å². The zero-order valence-electron chi connectivity index (χ0n) is 63.1. The maximum Gasteiger partial charge on any atom is 0.472 e. The normalized spacial score (nSPS) is 14.4. The molecule has 0 heterocycles. The van der Waals surface area contributed by atoms with E-state index in [1.807, 2.05) is 12.2 Å². The van der Waals surface area contributed by atoms with Crippen LogP contribution in [0.2, 0.25) is 0 Å². The first-order valence-electron chi connectivity index (χ1n) is 39.5. The molecule has 17 nitrogen and oxygen atoms in total. The topological polar surface area (TPSA) is 237 Å². The second-order valence-electron chi connectivity index (χ2n) is 26.3. The highest BCUT2D eigenvalue weighted by molar-refractivity contribution is 7.47. The highest BCUT2D eigenvalue weighted by Gasteiger charge is 2.30. The minimum Gasteiger partial charge on any atom is -0.462 e. The molecule has 0 bridgehead atoms. The molecule has 0 aliphatic heterocycles. The highest BCUT2D eigenvalue weighted by atomic mass is 31.2. The predicted molar refractivity (Wildman–Crippen MR) is 409 cm³/mol. The maximum absolute atomic E-state index is 13.1. The van der Waals surface area contributed by atoms with Crippen LogP contribution in [0.3, 0.4) is 0 Å². The molecule has 0 amide bonds. The Morgan fingerprint density at radius 3 is 0.830 bits per heavy atom. The van der Waals surface area contributed by atoms with Gasteiger partial charge in [0.15, 0.2) is 12.2 Å². The molecule has 0 aromatic rings. The Labute approximate surface area is 607 Å². The SMILES string of the molecule is CCCCC/C=C\C/C=C\C/C=C\C/C=C\CCCC(=O)OC[C@H](COP(=O)(O)OC[C@H](O)COP(=O)(O)OC[C@@H](COC(=O)CCCCCCC/C=C\C/C=C\CCCCC)OC(=O)CCCCCCC/C=C\CCCCCCCC)OC(=O)CCCCCCC/C=C\CCCCCC. The number of phosphoric ester groups is 2. The van der Waals surface area contributed by atoms with Crippen LogP contribution in [0.15, 0.2) is 97.2 Å². The molecule has 3 N–H and O–H groups in total. The van der Waals surface area contributed by atoms with Crippen molar-refractivity contribution in [3.63, 3.8) is 0 Å². The van der Waals surface area contributed by atoms with Crippen molar-refractivity contribution in [1.29, 1.82) is 0 Å². The van der Waals surface area contributed by atoms with Crippen molar-refractivity contribution in [2.75, 3.05) is 39.6 Å². The van der Waals surface area contributed by atoms with Gasteiger partial charge in [0.05, 0.1) is 26.4 Å². The molecular weight excluding hydrogens is 1310 g/mol. The van der Waals surface area contributed by atoms with Crippen molar-refractivity contribution < 1.29 is 80.2 Å². The lowest BCUT2D eigenvalue weighted by molar-refractivity contribution is -0.161. The summed E-state index contributed by atoms with van der Waals surface area (Å²) in [6.07, 6.45) is 76.8. The molecule has 100 heavy (non-hydrogen) atoms. The summed E-state index contributed by atoms with van der Waals surface area (Å²) in [5.41, 5.74) is 0. The largest absolute Gasteiger partial charge is 0.472 e. The van der Waals surface area contributed by atoms with E-state index in [0.717, 1.165) is 148 Å². The first-order chi connectivity index (χ1) is 48.7.